The Labute approximate surface area is 104 Å². The molecule has 0 atom stereocenters. The number of aromatic nitrogens is 1. The zero-order chi connectivity index (χ0) is 12.3. The highest BCUT2D eigenvalue weighted by atomic mass is 32.1. The quantitative estimate of drug-likeness (QED) is 0.837. The minimum Gasteiger partial charge on any atom is -0.493 e. The van der Waals surface area contributed by atoms with Gasteiger partial charge in [0.2, 0.25) is 5.75 Å². The Kier molecular flexibility index (Phi) is 3.49. The van der Waals surface area contributed by atoms with Crippen molar-refractivity contribution in [3.05, 3.63) is 23.8 Å². The zero-order valence-electron chi connectivity index (χ0n) is 9.89. The summed E-state index contributed by atoms with van der Waals surface area (Å²) < 4.78 is 15.9. The van der Waals surface area contributed by atoms with E-state index in [9.17, 15) is 0 Å². The van der Waals surface area contributed by atoms with Crippen LogP contribution in [-0.2, 0) is 0 Å². The molecule has 0 unspecified atom stereocenters. The molecule has 90 valence electrons. The fraction of sp³-hybridized carbons (Fsp3) is 0.250. The minimum atomic E-state index is 0.600. The van der Waals surface area contributed by atoms with Crippen LogP contribution in [0.4, 0.5) is 0 Å². The molecule has 0 amide bonds. The van der Waals surface area contributed by atoms with Gasteiger partial charge in [-0.25, -0.2) is 0 Å². The smallest absolute Gasteiger partial charge is 0.203 e. The van der Waals surface area contributed by atoms with Crippen molar-refractivity contribution in [3.63, 3.8) is 0 Å². The molecule has 0 aliphatic carbocycles. The van der Waals surface area contributed by atoms with E-state index in [4.69, 9.17) is 14.2 Å². The van der Waals surface area contributed by atoms with E-state index in [1.54, 1.807) is 38.2 Å². The molecule has 17 heavy (non-hydrogen) atoms. The number of thiazole rings is 1. The van der Waals surface area contributed by atoms with Crippen molar-refractivity contribution >= 4 is 11.3 Å². The van der Waals surface area contributed by atoms with Gasteiger partial charge in [0.15, 0.2) is 11.5 Å². The molecule has 0 bridgehead atoms. The third-order valence-corrected chi connectivity index (χ3v) is 3.20. The lowest BCUT2D eigenvalue weighted by atomic mass is 10.1. The largest absolute Gasteiger partial charge is 0.493 e. The number of ether oxygens (including phenoxy) is 3. The highest BCUT2D eigenvalue weighted by molar-refractivity contribution is 7.13. The van der Waals surface area contributed by atoms with Crippen molar-refractivity contribution in [2.45, 2.75) is 0 Å². The average Bonchev–Trinajstić information content (AvgIpc) is 2.90. The van der Waals surface area contributed by atoms with E-state index in [1.807, 2.05) is 18.3 Å². The number of benzene rings is 1. The molecule has 2 rings (SSSR count). The Morgan fingerprint density at radius 1 is 1.00 bits per heavy atom. The van der Waals surface area contributed by atoms with Gasteiger partial charge in [0.25, 0.3) is 0 Å². The van der Waals surface area contributed by atoms with E-state index >= 15 is 0 Å². The number of rotatable bonds is 4. The van der Waals surface area contributed by atoms with E-state index in [0.717, 1.165) is 10.4 Å². The first-order valence-corrected chi connectivity index (χ1v) is 5.87. The van der Waals surface area contributed by atoms with Crippen LogP contribution in [-0.4, -0.2) is 26.3 Å². The number of hydrogen-bond donors (Lipinski definition) is 0. The van der Waals surface area contributed by atoms with Gasteiger partial charge in [0, 0.05) is 11.8 Å². The Morgan fingerprint density at radius 2 is 1.65 bits per heavy atom. The number of nitrogens with zero attached hydrogens (tertiary/aromatic N) is 1. The summed E-state index contributed by atoms with van der Waals surface area (Å²) >= 11 is 1.56. The van der Waals surface area contributed by atoms with Gasteiger partial charge in [-0.1, -0.05) is 0 Å². The molecular weight excluding hydrogens is 238 g/mol. The van der Waals surface area contributed by atoms with Crippen molar-refractivity contribution in [1.29, 1.82) is 0 Å². The van der Waals surface area contributed by atoms with Crippen LogP contribution in [0, 0.1) is 0 Å². The van der Waals surface area contributed by atoms with Gasteiger partial charge in [-0.15, -0.1) is 11.3 Å². The van der Waals surface area contributed by atoms with Crippen LogP contribution in [0.3, 0.4) is 0 Å². The first-order chi connectivity index (χ1) is 8.30. The van der Waals surface area contributed by atoms with Crippen molar-refractivity contribution in [2.75, 3.05) is 21.3 Å². The summed E-state index contributed by atoms with van der Waals surface area (Å²) in [7, 11) is 4.80. The van der Waals surface area contributed by atoms with Gasteiger partial charge in [-0.3, -0.25) is 4.98 Å². The van der Waals surface area contributed by atoms with Crippen LogP contribution in [0.15, 0.2) is 23.8 Å². The fourth-order valence-electron chi connectivity index (χ4n) is 1.58. The molecule has 0 fully saturated rings. The zero-order valence-corrected chi connectivity index (χ0v) is 10.7. The Bertz CT molecular complexity index is 471. The topological polar surface area (TPSA) is 40.6 Å². The number of methoxy groups -OCH3 is 3. The van der Waals surface area contributed by atoms with Gasteiger partial charge >= 0.3 is 0 Å². The molecule has 0 spiro atoms. The molecule has 0 saturated heterocycles. The Hall–Kier alpha value is -1.75. The second-order valence-electron chi connectivity index (χ2n) is 3.28. The second-order valence-corrected chi connectivity index (χ2v) is 4.17. The first kappa shape index (κ1) is 11.7. The second kappa shape index (κ2) is 5.05. The monoisotopic (exact) mass is 251 g/mol. The van der Waals surface area contributed by atoms with Crippen LogP contribution in [0.5, 0.6) is 17.2 Å². The Balaban J connectivity index is 2.56. The van der Waals surface area contributed by atoms with Crippen LogP contribution in [0.2, 0.25) is 0 Å². The molecule has 2 aromatic rings. The molecule has 1 aromatic carbocycles. The third kappa shape index (κ3) is 2.19. The van der Waals surface area contributed by atoms with Crippen LogP contribution in [0.1, 0.15) is 0 Å². The van der Waals surface area contributed by atoms with E-state index in [1.165, 1.54) is 0 Å². The summed E-state index contributed by atoms with van der Waals surface area (Å²) in [6, 6.07) is 3.82. The third-order valence-electron chi connectivity index (χ3n) is 2.38. The van der Waals surface area contributed by atoms with Gasteiger partial charge in [0.1, 0.15) is 0 Å². The van der Waals surface area contributed by atoms with E-state index in [-0.39, 0.29) is 0 Å². The van der Waals surface area contributed by atoms with Crippen molar-refractivity contribution in [3.8, 4) is 27.7 Å². The minimum absolute atomic E-state index is 0.600. The summed E-state index contributed by atoms with van der Waals surface area (Å²) in [6.07, 6.45) is 1.81. The van der Waals surface area contributed by atoms with E-state index in [0.29, 0.717) is 17.2 Å². The highest BCUT2D eigenvalue weighted by Crippen LogP contribution is 2.41. The maximum Gasteiger partial charge on any atom is 0.203 e. The molecule has 4 nitrogen and oxygen atoms in total. The van der Waals surface area contributed by atoms with Gasteiger partial charge in [-0.05, 0) is 12.1 Å². The lowest BCUT2D eigenvalue weighted by molar-refractivity contribution is 0.324. The van der Waals surface area contributed by atoms with Crippen molar-refractivity contribution in [1.82, 2.24) is 4.98 Å². The molecule has 1 heterocycles. The lowest BCUT2D eigenvalue weighted by Gasteiger charge is -2.13. The molecule has 0 aliphatic heterocycles. The summed E-state index contributed by atoms with van der Waals surface area (Å²) in [4.78, 5) is 5.12. The Morgan fingerprint density at radius 3 is 2.06 bits per heavy atom. The maximum atomic E-state index is 5.30. The van der Waals surface area contributed by atoms with Gasteiger partial charge in [-0.2, -0.15) is 0 Å². The summed E-state index contributed by atoms with van der Waals surface area (Å²) in [5.41, 5.74) is 2.79. The van der Waals surface area contributed by atoms with Gasteiger partial charge < -0.3 is 14.2 Å². The van der Waals surface area contributed by atoms with Crippen molar-refractivity contribution in [2.24, 2.45) is 0 Å². The molecule has 0 N–H and O–H groups in total. The van der Waals surface area contributed by atoms with Crippen LogP contribution in [0.25, 0.3) is 10.4 Å². The molecule has 5 heteroatoms. The molecule has 0 radical (unpaired) electrons. The predicted octanol–water partition coefficient (Wildman–Crippen LogP) is 2.84. The van der Waals surface area contributed by atoms with E-state index < -0.39 is 0 Å². The molecule has 0 saturated carbocycles. The molecular formula is C12H13NO3S. The number of hydrogen-bond acceptors (Lipinski definition) is 5. The fourth-order valence-corrected chi connectivity index (χ4v) is 2.19. The van der Waals surface area contributed by atoms with Gasteiger partial charge in [0.05, 0.1) is 31.7 Å². The van der Waals surface area contributed by atoms with Crippen LogP contribution >= 0.6 is 11.3 Å². The summed E-state index contributed by atoms with van der Waals surface area (Å²) in [6.45, 7) is 0. The lowest BCUT2D eigenvalue weighted by Crippen LogP contribution is -1.95. The van der Waals surface area contributed by atoms with Crippen molar-refractivity contribution < 1.29 is 14.2 Å². The highest BCUT2D eigenvalue weighted by Gasteiger charge is 2.14. The summed E-state index contributed by atoms with van der Waals surface area (Å²) in [5.74, 6) is 1.90. The maximum absolute atomic E-state index is 5.30. The van der Waals surface area contributed by atoms with E-state index in [2.05, 4.69) is 4.98 Å². The SMILES string of the molecule is COc1cc(-c2cncs2)cc(OC)c1OC. The summed E-state index contributed by atoms with van der Waals surface area (Å²) in [5, 5.41) is 0. The van der Waals surface area contributed by atoms with Crippen LogP contribution < -0.4 is 14.2 Å². The predicted molar refractivity (Wildman–Crippen MR) is 67.2 cm³/mol. The normalized spacial score (nSPS) is 10.1. The standard InChI is InChI=1S/C12H13NO3S/c1-14-9-4-8(11-6-13-7-17-11)5-10(15-2)12(9)16-3/h4-7H,1-3H3. The molecule has 1 aromatic heterocycles. The average molecular weight is 251 g/mol. The molecule has 0 aliphatic rings. The first-order valence-electron chi connectivity index (χ1n) is 4.99.